The average Bonchev–Trinajstić information content (AvgIpc) is 3.23. The molecule has 0 spiro atoms. The molecule has 0 saturated heterocycles. The molecule has 0 unspecified atom stereocenters. The van der Waals surface area contributed by atoms with Crippen molar-refractivity contribution in [3.63, 3.8) is 0 Å². The van der Waals surface area contributed by atoms with Gasteiger partial charge in [0.25, 0.3) is 0 Å². The second-order valence-electron chi connectivity index (χ2n) is 13.0. The van der Waals surface area contributed by atoms with Gasteiger partial charge in [-0.25, -0.2) is 0 Å². The van der Waals surface area contributed by atoms with Gasteiger partial charge in [-0.3, -0.25) is 0 Å². The SMILES string of the molecule is C/C=C(/C)c1ccc(/C(=C(/CC)c2ccccc2)c2ccccc2)cc1.C/C=C(\C)c1ccc(/C(=C(/CC)c2ccccc2)c2ccccc2)cc1. The fourth-order valence-corrected chi connectivity index (χ4v) is 6.70. The molecule has 0 radical (unpaired) electrons. The number of allylic oxidation sites excluding steroid dienone is 6. The first-order valence-electron chi connectivity index (χ1n) is 18.6. The average molecular weight is 677 g/mol. The minimum atomic E-state index is 0.990. The van der Waals surface area contributed by atoms with Crippen LogP contribution in [0.5, 0.6) is 0 Å². The number of rotatable bonds is 10. The monoisotopic (exact) mass is 676 g/mol. The molecule has 6 rings (SSSR count). The van der Waals surface area contributed by atoms with Gasteiger partial charge in [-0.05, 0) is 118 Å². The van der Waals surface area contributed by atoms with Gasteiger partial charge in [-0.2, -0.15) is 0 Å². The van der Waals surface area contributed by atoms with Crippen LogP contribution in [0.2, 0.25) is 0 Å². The Morgan fingerprint density at radius 1 is 0.327 bits per heavy atom. The molecule has 52 heavy (non-hydrogen) atoms. The molecular formula is C52H52. The highest BCUT2D eigenvalue weighted by atomic mass is 14.2. The fraction of sp³-hybridized carbons (Fsp3) is 0.154. The van der Waals surface area contributed by atoms with Gasteiger partial charge in [-0.1, -0.05) is 196 Å². The minimum Gasteiger partial charge on any atom is -0.0841 e. The van der Waals surface area contributed by atoms with Crippen molar-refractivity contribution in [1.29, 1.82) is 0 Å². The third-order valence-corrected chi connectivity index (χ3v) is 9.80. The molecule has 0 saturated carbocycles. The Hall–Kier alpha value is -5.72. The molecule has 0 amide bonds. The summed E-state index contributed by atoms with van der Waals surface area (Å²) in [6.07, 6.45) is 6.29. The lowest BCUT2D eigenvalue weighted by atomic mass is 9.87. The largest absolute Gasteiger partial charge is 0.0841 e. The van der Waals surface area contributed by atoms with Gasteiger partial charge in [0.05, 0.1) is 0 Å². The maximum atomic E-state index is 2.25. The van der Waals surface area contributed by atoms with Crippen molar-refractivity contribution in [2.24, 2.45) is 0 Å². The number of hydrogen-bond donors (Lipinski definition) is 0. The smallest absolute Gasteiger partial charge is 0.00735 e. The van der Waals surface area contributed by atoms with Crippen LogP contribution in [0, 0.1) is 0 Å². The van der Waals surface area contributed by atoms with Crippen LogP contribution in [0.15, 0.2) is 182 Å². The number of hydrogen-bond acceptors (Lipinski definition) is 0. The quantitative estimate of drug-likeness (QED) is 0.127. The van der Waals surface area contributed by atoms with Crippen molar-refractivity contribution in [2.45, 2.75) is 54.4 Å². The summed E-state index contributed by atoms with van der Waals surface area (Å²) in [6, 6.07) is 60.8. The predicted molar refractivity (Wildman–Crippen MR) is 230 cm³/mol. The van der Waals surface area contributed by atoms with Crippen LogP contribution in [0.4, 0.5) is 0 Å². The molecule has 260 valence electrons. The van der Waals surface area contributed by atoms with E-state index in [-0.39, 0.29) is 0 Å². The zero-order chi connectivity index (χ0) is 36.7. The summed E-state index contributed by atoms with van der Waals surface area (Å²) in [5.74, 6) is 0. The van der Waals surface area contributed by atoms with Gasteiger partial charge < -0.3 is 0 Å². The van der Waals surface area contributed by atoms with E-state index in [1.807, 2.05) is 0 Å². The van der Waals surface area contributed by atoms with Crippen LogP contribution in [0.1, 0.15) is 98.9 Å². The van der Waals surface area contributed by atoms with Gasteiger partial charge >= 0.3 is 0 Å². The first-order valence-corrected chi connectivity index (χ1v) is 18.6. The van der Waals surface area contributed by atoms with E-state index >= 15 is 0 Å². The highest BCUT2D eigenvalue weighted by Gasteiger charge is 2.14. The second kappa shape index (κ2) is 19.0. The van der Waals surface area contributed by atoms with Crippen molar-refractivity contribution in [3.05, 3.63) is 227 Å². The lowest BCUT2D eigenvalue weighted by Crippen LogP contribution is -1.95. The van der Waals surface area contributed by atoms with E-state index in [1.54, 1.807) is 0 Å². The first kappa shape index (κ1) is 37.5. The van der Waals surface area contributed by atoms with E-state index in [4.69, 9.17) is 0 Å². The van der Waals surface area contributed by atoms with Crippen molar-refractivity contribution in [2.75, 3.05) is 0 Å². The maximum absolute atomic E-state index is 2.25. The normalized spacial score (nSPS) is 12.7. The molecule has 0 atom stereocenters. The van der Waals surface area contributed by atoms with Gasteiger partial charge in [0.2, 0.25) is 0 Å². The molecule has 0 aliphatic carbocycles. The van der Waals surface area contributed by atoms with Crippen LogP contribution < -0.4 is 0 Å². The van der Waals surface area contributed by atoms with Crippen molar-refractivity contribution >= 4 is 33.4 Å². The standard InChI is InChI=1S/2C26H26/c2*1-4-20(3)21-16-18-24(19-17-21)26(23-14-10-7-11-15-23)25(5-2)22-12-8-6-9-13-22/h2*4,6-19H,5H2,1-3H3/b20-4+,26-25-;20-4-,26-25-. The van der Waals surface area contributed by atoms with Gasteiger partial charge in [-0.15, -0.1) is 0 Å². The first-order chi connectivity index (χ1) is 25.5. The van der Waals surface area contributed by atoms with Crippen molar-refractivity contribution in [3.8, 4) is 0 Å². The van der Waals surface area contributed by atoms with Crippen molar-refractivity contribution < 1.29 is 0 Å². The molecule has 0 nitrogen and oxygen atoms in total. The molecule has 0 heterocycles. The Morgan fingerprint density at radius 3 is 0.808 bits per heavy atom. The summed E-state index contributed by atoms with van der Waals surface area (Å²) in [7, 11) is 0. The Kier molecular flexibility index (Phi) is 13.7. The summed E-state index contributed by atoms with van der Waals surface area (Å²) in [4.78, 5) is 0. The number of benzene rings is 6. The molecule has 0 bridgehead atoms. The molecule has 0 aromatic heterocycles. The van der Waals surface area contributed by atoms with E-state index in [0.29, 0.717) is 0 Å². The topological polar surface area (TPSA) is 0 Å². The molecule has 6 aromatic rings. The second-order valence-corrected chi connectivity index (χ2v) is 13.0. The predicted octanol–water partition coefficient (Wildman–Crippen LogP) is 15.0. The van der Waals surface area contributed by atoms with E-state index in [2.05, 4.69) is 224 Å². The Morgan fingerprint density at radius 2 is 0.558 bits per heavy atom. The maximum Gasteiger partial charge on any atom is -0.00735 e. The highest BCUT2D eigenvalue weighted by molar-refractivity contribution is 5.99. The van der Waals surface area contributed by atoms with Gasteiger partial charge in [0.15, 0.2) is 0 Å². The van der Waals surface area contributed by atoms with Crippen LogP contribution in [0.25, 0.3) is 33.4 Å². The summed E-state index contributed by atoms with van der Waals surface area (Å²) in [6.45, 7) is 13.0. The fourth-order valence-electron chi connectivity index (χ4n) is 6.70. The Balaban J connectivity index is 0.000000201. The Bertz CT molecular complexity index is 1950. The third kappa shape index (κ3) is 9.33. The molecule has 6 aromatic carbocycles. The lowest BCUT2D eigenvalue weighted by Gasteiger charge is -2.17. The summed E-state index contributed by atoms with van der Waals surface area (Å²) in [5.41, 5.74) is 18.2. The summed E-state index contributed by atoms with van der Waals surface area (Å²) in [5, 5.41) is 0. The lowest BCUT2D eigenvalue weighted by molar-refractivity contribution is 1.24. The summed E-state index contributed by atoms with van der Waals surface area (Å²) < 4.78 is 0. The van der Waals surface area contributed by atoms with E-state index in [9.17, 15) is 0 Å². The van der Waals surface area contributed by atoms with E-state index in [1.165, 1.54) is 77.9 Å². The molecule has 0 N–H and O–H groups in total. The molecule has 0 aliphatic rings. The summed E-state index contributed by atoms with van der Waals surface area (Å²) >= 11 is 0. The van der Waals surface area contributed by atoms with Crippen LogP contribution in [-0.4, -0.2) is 0 Å². The van der Waals surface area contributed by atoms with E-state index < -0.39 is 0 Å². The Labute approximate surface area is 313 Å². The molecular weight excluding hydrogens is 625 g/mol. The van der Waals surface area contributed by atoms with Gasteiger partial charge in [0, 0.05) is 0 Å². The van der Waals surface area contributed by atoms with Crippen LogP contribution >= 0.6 is 0 Å². The molecule has 0 fully saturated rings. The minimum absolute atomic E-state index is 0.990. The van der Waals surface area contributed by atoms with E-state index in [0.717, 1.165) is 12.8 Å². The van der Waals surface area contributed by atoms with Crippen LogP contribution in [-0.2, 0) is 0 Å². The highest BCUT2D eigenvalue weighted by Crippen LogP contribution is 2.36. The molecule has 0 aliphatic heterocycles. The third-order valence-electron chi connectivity index (χ3n) is 9.80. The van der Waals surface area contributed by atoms with Crippen molar-refractivity contribution in [1.82, 2.24) is 0 Å². The zero-order valence-electron chi connectivity index (χ0n) is 31.7. The molecule has 0 heteroatoms. The van der Waals surface area contributed by atoms with Gasteiger partial charge in [0.1, 0.15) is 0 Å². The van der Waals surface area contributed by atoms with Crippen LogP contribution in [0.3, 0.4) is 0 Å². The zero-order valence-corrected chi connectivity index (χ0v) is 31.7.